The molecule has 2 heterocycles. The van der Waals surface area contributed by atoms with Crippen LogP contribution in [-0.4, -0.2) is 42.2 Å². The van der Waals surface area contributed by atoms with Crippen molar-refractivity contribution < 1.29 is 9.53 Å². The molecule has 1 aliphatic rings. The maximum Gasteiger partial charge on any atom is 0.319 e. The molecule has 0 atom stereocenters. The Bertz CT molecular complexity index is 734. The number of benzene rings is 1. The van der Waals surface area contributed by atoms with Gasteiger partial charge in [0, 0.05) is 43.1 Å². The van der Waals surface area contributed by atoms with Crippen LogP contribution in [0.5, 0.6) is 5.75 Å². The van der Waals surface area contributed by atoms with Gasteiger partial charge in [0.2, 0.25) is 0 Å². The number of ether oxygens (including phenoxy) is 1. The molecule has 0 bridgehead atoms. The van der Waals surface area contributed by atoms with E-state index in [0.717, 1.165) is 32.5 Å². The summed E-state index contributed by atoms with van der Waals surface area (Å²) in [5.41, 5.74) is 1.82. The van der Waals surface area contributed by atoms with Gasteiger partial charge in [-0.2, -0.15) is 0 Å². The van der Waals surface area contributed by atoms with Gasteiger partial charge in [0.05, 0.1) is 12.8 Å². The van der Waals surface area contributed by atoms with Gasteiger partial charge in [-0.25, -0.2) is 4.79 Å². The SMILES string of the molecule is COc1ccc(Cl)cc1NC(=O)NC1CCN(Cc2ccncc2)CC1. The Morgan fingerprint density at radius 3 is 2.69 bits per heavy atom. The van der Waals surface area contributed by atoms with E-state index in [-0.39, 0.29) is 12.1 Å². The van der Waals surface area contributed by atoms with Gasteiger partial charge in [0.1, 0.15) is 5.75 Å². The smallest absolute Gasteiger partial charge is 0.319 e. The molecule has 2 N–H and O–H groups in total. The number of nitrogens with zero attached hydrogens (tertiary/aromatic N) is 2. The molecule has 6 nitrogen and oxygen atoms in total. The molecule has 2 amide bonds. The van der Waals surface area contributed by atoms with E-state index in [9.17, 15) is 4.79 Å². The van der Waals surface area contributed by atoms with E-state index in [1.807, 2.05) is 24.5 Å². The van der Waals surface area contributed by atoms with Crippen molar-refractivity contribution >= 4 is 23.3 Å². The number of hydrogen-bond acceptors (Lipinski definition) is 4. The molecule has 7 heteroatoms. The second kappa shape index (κ2) is 8.87. The molecule has 1 fully saturated rings. The minimum Gasteiger partial charge on any atom is -0.495 e. The number of rotatable bonds is 5. The van der Waals surface area contributed by atoms with Gasteiger partial charge < -0.3 is 15.4 Å². The van der Waals surface area contributed by atoms with E-state index in [1.165, 1.54) is 5.56 Å². The first-order valence-corrected chi connectivity index (χ1v) is 9.04. The van der Waals surface area contributed by atoms with Gasteiger partial charge >= 0.3 is 6.03 Å². The summed E-state index contributed by atoms with van der Waals surface area (Å²) in [6.07, 6.45) is 5.48. The maximum atomic E-state index is 12.3. The summed E-state index contributed by atoms with van der Waals surface area (Å²) in [4.78, 5) is 18.7. The Balaban J connectivity index is 1.47. The number of piperidine rings is 1. The van der Waals surface area contributed by atoms with E-state index < -0.39 is 0 Å². The molecular weight excluding hydrogens is 352 g/mol. The molecule has 3 rings (SSSR count). The highest BCUT2D eigenvalue weighted by Gasteiger charge is 2.21. The monoisotopic (exact) mass is 374 g/mol. The number of nitrogens with one attached hydrogen (secondary N) is 2. The predicted molar refractivity (Wildman–Crippen MR) is 103 cm³/mol. The Hall–Kier alpha value is -2.31. The van der Waals surface area contributed by atoms with Crippen molar-refractivity contribution in [2.75, 3.05) is 25.5 Å². The third-order valence-corrected chi connectivity index (χ3v) is 4.72. The number of halogens is 1. The van der Waals surface area contributed by atoms with Gasteiger partial charge in [-0.1, -0.05) is 11.6 Å². The minimum atomic E-state index is -0.238. The average Bonchev–Trinajstić information content (AvgIpc) is 2.64. The standard InChI is InChI=1S/C19H23ClN4O2/c1-26-18-3-2-15(20)12-17(18)23-19(25)22-16-6-10-24(11-7-16)13-14-4-8-21-9-5-14/h2-5,8-9,12,16H,6-7,10-11,13H2,1H3,(H2,22,23,25). The van der Waals surface area contributed by atoms with Crippen LogP contribution in [0.2, 0.25) is 5.02 Å². The second-order valence-corrected chi connectivity index (χ2v) is 6.79. The molecule has 2 aromatic rings. The van der Waals surface area contributed by atoms with Gasteiger partial charge in [0.15, 0.2) is 0 Å². The van der Waals surface area contributed by atoms with Crippen LogP contribution < -0.4 is 15.4 Å². The van der Waals surface area contributed by atoms with Gasteiger partial charge in [-0.3, -0.25) is 9.88 Å². The van der Waals surface area contributed by atoms with E-state index in [0.29, 0.717) is 16.5 Å². The van der Waals surface area contributed by atoms with Crippen molar-refractivity contribution in [3.05, 3.63) is 53.3 Å². The molecule has 0 unspecified atom stereocenters. The highest BCUT2D eigenvalue weighted by atomic mass is 35.5. The molecule has 138 valence electrons. The van der Waals surface area contributed by atoms with Crippen molar-refractivity contribution in [1.29, 1.82) is 0 Å². The Morgan fingerprint density at radius 2 is 2.00 bits per heavy atom. The number of likely N-dealkylation sites (tertiary alicyclic amines) is 1. The number of pyridine rings is 1. The van der Waals surface area contributed by atoms with E-state index in [2.05, 4.69) is 20.5 Å². The van der Waals surface area contributed by atoms with Crippen LogP contribution in [0.1, 0.15) is 18.4 Å². The first kappa shape index (κ1) is 18.5. The maximum absolute atomic E-state index is 12.3. The summed E-state index contributed by atoms with van der Waals surface area (Å²) < 4.78 is 5.25. The first-order chi connectivity index (χ1) is 12.6. The van der Waals surface area contributed by atoms with Crippen LogP contribution in [0, 0.1) is 0 Å². The number of methoxy groups -OCH3 is 1. The number of carbonyl (C=O) groups is 1. The minimum absolute atomic E-state index is 0.161. The van der Waals surface area contributed by atoms with Gasteiger partial charge in [0.25, 0.3) is 0 Å². The molecule has 0 radical (unpaired) electrons. The fraction of sp³-hybridized carbons (Fsp3) is 0.368. The van der Waals surface area contributed by atoms with Gasteiger partial charge in [-0.15, -0.1) is 0 Å². The van der Waals surface area contributed by atoms with Gasteiger partial charge in [-0.05, 0) is 48.7 Å². The van der Waals surface area contributed by atoms with Crippen LogP contribution >= 0.6 is 11.6 Å². The fourth-order valence-electron chi connectivity index (χ4n) is 3.10. The Labute approximate surface area is 158 Å². The van der Waals surface area contributed by atoms with Crippen LogP contribution in [-0.2, 0) is 6.54 Å². The lowest BCUT2D eigenvalue weighted by Gasteiger charge is -2.32. The summed E-state index contributed by atoms with van der Waals surface area (Å²) in [7, 11) is 1.56. The number of carbonyl (C=O) groups excluding carboxylic acids is 1. The van der Waals surface area contributed by atoms with E-state index in [4.69, 9.17) is 16.3 Å². The molecule has 0 spiro atoms. The summed E-state index contributed by atoms with van der Waals surface area (Å²) in [6, 6.07) is 9.13. The zero-order valence-electron chi connectivity index (χ0n) is 14.7. The van der Waals surface area contributed by atoms with Crippen molar-refractivity contribution in [3.8, 4) is 5.75 Å². The first-order valence-electron chi connectivity index (χ1n) is 8.66. The average molecular weight is 375 g/mol. The van der Waals surface area contributed by atoms with Crippen LogP contribution in [0.25, 0.3) is 0 Å². The number of hydrogen-bond donors (Lipinski definition) is 2. The quantitative estimate of drug-likeness (QED) is 0.840. The summed E-state index contributed by atoms with van der Waals surface area (Å²) in [6.45, 7) is 2.82. The number of aromatic nitrogens is 1. The normalized spacial score (nSPS) is 15.5. The van der Waals surface area contributed by atoms with Crippen LogP contribution in [0.3, 0.4) is 0 Å². The lowest BCUT2D eigenvalue weighted by Crippen LogP contribution is -2.45. The second-order valence-electron chi connectivity index (χ2n) is 6.35. The lowest BCUT2D eigenvalue weighted by atomic mass is 10.0. The summed E-state index contributed by atoms with van der Waals surface area (Å²) in [5, 5.41) is 6.40. The zero-order valence-corrected chi connectivity index (χ0v) is 15.5. The Kier molecular flexibility index (Phi) is 6.30. The molecule has 1 aromatic carbocycles. The van der Waals surface area contributed by atoms with Crippen molar-refractivity contribution in [2.45, 2.75) is 25.4 Å². The molecule has 1 aromatic heterocycles. The highest BCUT2D eigenvalue weighted by molar-refractivity contribution is 6.31. The van der Waals surface area contributed by atoms with Crippen LogP contribution in [0.15, 0.2) is 42.7 Å². The zero-order chi connectivity index (χ0) is 18.4. The van der Waals surface area contributed by atoms with Crippen LogP contribution in [0.4, 0.5) is 10.5 Å². The molecule has 26 heavy (non-hydrogen) atoms. The van der Waals surface area contributed by atoms with Crippen molar-refractivity contribution in [3.63, 3.8) is 0 Å². The third-order valence-electron chi connectivity index (χ3n) is 4.49. The largest absolute Gasteiger partial charge is 0.495 e. The molecule has 1 saturated heterocycles. The molecule has 0 aliphatic carbocycles. The fourth-order valence-corrected chi connectivity index (χ4v) is 3.28. The summed E-state index contributed by atoms with van der Waals surface area (Å²) in [5.74, 6) is 0.580. The Morgan fingerprint density at radius 1 is 1.27 bits per heavy atom. The predicted octanol–water partition coefficient (Wildman–Crippen LogP) is 3.53. The molecule has 0 saturated carbocycles. The van der Waals surface area contributed by atoms with Crippen molar-refractivity contribution in [2.24, 2.45) is 0 Å². The number of amides is 2. The third kappa shape index (κ3) is 5.09. The number of urea groups is 1. The summed E-state index contributed by atoms with van der Waals surface area (Å²) >= 11 is 5.99. The highest BCUT2D eigenvalue weighted by Crippen LogP contribution is 2.27. The molecule has 1 aliphatic heterocycles. The van der Waals surface area contributed by atoms with Crippen molar-refractivity contribution in [1.82, 2.24) is 15.2 Å². The lowest BCUT2D eigenvalue weighted by molar-refractivity contribution is 0.190. The van der Waals surface area contributed by atoms with E-state index >= 15 is 0 Å². The topological polar surface area (TPSA) is 66.5 Å². The molecular formula is C19H23ClN4O2. The number of anilines is 1. The van der Waals surface area contributed by atoms with E-state index in [1.54, 1.807) is 25.3 Å².